The summed E-state index contributed by atoms with van der Waals surface area (Å²) in [5, 5.41) is 2.95. The number of piperidine rings is 1. The van der Waals surface area contributed by atoms with Crippen LogP contribution in [0.3, 0.4) is 0 Å². The summed E-state index contributed by atoms with van der Waals surface area (Å²) in [5.74, 6) is 0.597. The minimum Gasteiger partial charge on any atom is -0.494 e. The van der Waals surface area contributed by atoms with Gasteiger partial charge in [-0.3, -0.25) is 0 Å². The Balaban J connectivity index is 1.38. The van der Waals surface area contributed by atoms with Crippen molar-refractivity contribution < 1.29 is 19.0 Å². The fraction of sp³-hybridized carbons (Fsp3) is 0.688. The van der Waals surface area contributed by atoms with Crippen molar-refractivity contribution in [3.05, 3.63) is 12.4 Å². The molecule has 1 aromatic rings. The fourth-order valence-corrected chi connectivity index (χ4v) is 2.91. The van der Waals surface area contributed by atoms with Gasteiger partial charge in [0.05, 0.1) is 25.6 Å². The number of amides is 2. The lowest BCUT2D eigenvalue weighted by atomic mass is 10.1. The van der Waals surface area contributed by atoms with Crippen molar-refractivity contribution in [1.82, 2.24) is 20.2 Å². The number of carbonyl (C=O) groups is 1. The third-order valence-corrected chi connectivity index (χ3v) is 4.35. The number of carbonyl (C=O) groups excluding carboxylic acids is 1. The molecule has 0 radical (unpaired) electrons. The molecule has 3 heterocycles. The highest BCUT2D eigenvalue weighted by atomic mass is 16.5. The number of urea groups is 1. The van der Waals surface area contributed by atoms with Gasteiger partial charge in [-0.25, -0.2) is 4.79 Å². The molecule has 3 rings (SSSR count). The predicted octanol–water partition coefficient (Wildman–Crippen LogP) is 1.22. The number of likely N-dealkylation sites (tertiary alicyclic amines) is 1. The standard InChI is InChI=1S/C16H24N4O4/c1-22-14-10-17-15(18-11-14)24-12-4-6-20(7-5-12)16(21)19-9-13-3-2-8-23-13/h10-13H,2-9H2,1H3,(H,19,21). The largest absolute Gasteiger partial charge is 0.494 e. The first kappa shape index (κ1) is 16.8. The van der Waals surface area contributed by atoms with E-state index >= 15 is 0 Å². The maximum atomic E-state index is 12.2. The number of ether oxygens (including phenoxy) is 3. The molecular weight excluding hydrogens is 312 g/mol. The topological polar surface area (TPSA) is 85.8 Å². The Morgan fingerprint density at radius 1 is 1.33 bits per heavy atom. The smallest absolute Gasteiger partial charge is 0.317 e. The van der Waals surface area contributed by atoms with Gasteiger partial charge >= 0.3 is 12.0 Å². The summed E-state index contributed by atoms with van der Waals surface area (Å²) in [7, 11) is 1.57. The van der Waals surface area contributed by atoms with Gasteiger partial charge in [0.2, 0.25) is 0 Å². The molecule has 2 saturated heterocycles. The van der Waals surface area contributed by atoms with Crippen molar-refractivity contribution in [3.8, 4) is 11.8 Å². The third kappa shape index (κ3) is 4.47. The SMILES string of the molecule is COc1cnc(OC2CCN(C(=O)NCC3CCCO3)CC2)nc1. The van der Waals surface area contributed by atoms with E-state index in [9.17, 15) is 4.79 Å². The van der Waals surface area contributed by atoms with Crippen molar-refractivity contribution in [1.29, 1.82) is 0 Å². The van der Waals surface area contributed by atoms with Crippen LogP contribution in [0.25, 0.3) is 0 Å². The molecule has 1 unspecified atom stereocenters. The van der Waals surface area contributed by atoms with Crippen LogP contribution < -0.4 is 14.8 Å². The van der Waals surface area contributed by atoms with Gasteiger partial charge < -0.3 is 24.4 Å². The van der Waals surface area contributed by atoms with Crippen molar-refractivity contribution in [2.45, 2.75) is 37.9 Å². The van der Waals surface area contributed by atoms with Gasteiger partial charge in [-0.1, -0.05) is 0 Å². The molecule has 0 spiro atoms. The number of rotatable bonds is 5. The van der Waals surface area contributed by atoms with Crippen LogP contribution in [0, 0.1) is 0 Å². The van der Waals surface area contributed by atoms with Crippen molar-refractivity contribution in [3.63, 3.8) is 0 Å². The van der Waals surface area contributed by atoms with Gasteiger partial charge in [-0.2, -0.15) is 9.97 Å². The van der Waals surface area contributed by atoms with Crippen LogP contribution in [-0.2, 0) is 4.74 Å². The van der Waals surface area contributed by atoms with E-state index in [0.717, 1.165) is 32.3 Å². The van der Waals surface area contributed by atoms with E-state index in [2.05, 4.69) is 15.3 Å². The lowest BCUT2D eigenvalue weighted by Gasteiger charge is -2.31. The number of aromatic nitrogens is 2. The first-order valence-electron chi connectivity index (χ1n) is 8.41. The second kappa shape index (κ2) is 8.14. The van der Waals surface area contributed by atoms with Crippen LogP contribution in [0.2, 0.25) is 0 Å². The Labute approximate surface area is 141 Å². The highest BCUT2D eigenvalue weighted by Gasteiger charge is 2.25. The molecule has 1 aromatic heterocycles. The van der Waals surface area contributed by atoms with E-state index in [1.54, 1.807) is 19.5 Å². The zero-order valence-electron chi connectivity index (χ0n) is 13.9. The van der Waals surface area contributed by atoms with E-state index in [-0.39, 0.29) is 18.2 Å². The molecule has 2 aliphatic rings. The van der Waals surface area contributed by atoms with Crippen LogP contribution in [0.15, 0.2) is 12.4 Å². The van der Waals surface area contributed by atoms with E-state index in [1.165, 1.54) is 0 Å². The van der Waals surface area contributed by atoms with Crippen molar-refractivity contribution in [2.24, 2.45) is 0 Å². The number of hydrogen-bond donors (Lipinski definition) is 1. The highest BCUT2D eigenvalue weighted by Crippen LogP contribution is 2.17. The Morgan fingerprint density at radius 3 is 2.71 bits per heavy atom. The van der Waals surface area contributed by atoms with Crippen molar-refractivity contribution in [2.75, 3.05) is 33.4 Å². The summed E-state index contributed by atoms with van der Waals surface area (Å²) in [6.45, 7) is 2.72. The molecule has 8 nitrogen and oxygen atoms in total. The van der Waals surface area contributed by atoms with E-state index in [4.69, 9.17) is 14.2 Å². The molecule has 8 heteroatoms. The quantitative estimate of drug-likeness (QED) is 0.870. The molecule has 0 saturated carbocycles. The number of nitrogens with zero attached hydrogens (tertiary/aromatic N) is 3. The second-order valence-corrected chi connectivity index (χ2v) is 6.03. The number of nitrogens with one attached hydrogen (secondary N) is 1. The molecular formula is C16H24N4O4. The number of hydrogen-bond acceptors (Lipinski definition) is 6. The fourth-order valence-electron chi connectivity index (χ4n) is 2.91. The van der Waals surface area contributed by atoms with E-state index in [1.807, 2.05) is 4.90 Å². The molecule has 132 valence electrons. The Bertz CT molecular complexity index is 525. The minimum absolute atomic E-state index is 0.0235. The van der Waals surface area contributed by atoms with Gasteiger partial charge in [-0.05, 0) is 12.8 Å². The van der Waals surface area contributed by atoms with Crippen LogP contribution >= 0.6 is 0 Å². The van der Waals surface area contributed by atoms with Gasteiger partial charge in [0.15, 0.2) is 5.75 Å². The normalized spacial score (nSPS) is 21.5. The summed E-state index contributed by atoms with van der Waals surface area (Å²) < 4.78 is 16.3. The maximum absolute atomic E-state index is 12.2. The van der Waals surface area contributed by atoms with Gasteiger partial charge in [-0.15, -0.1) is 0 Å². The van der Waals surface area contributed by atoms with E-state index < -0.39 is 0 Å². The molecule has 0 aromatic carbocycles. The van der Waals surface area contributed by atoms with Crippen LogP contribution in [0.4, 0.5) is 4.79 Å². The van der Waals surface area contributed by atoms with Gasteiger partial charge in [0.25, 0.3) is 0 Å². The highest BCUT2D eigenvalue weighted by molar-refractivity contribution is 5.74. The molecule has 1 atom stereocenters. The van der Waals surface area contributed by atoms with Gasteiger partial charge in [0.1, 0.15) is 6.10 Å². The molecule has 0 bridgehead atoms. The lowest BCUT2D eigenvalue weighted by Crippen LogP contribution is -2.48. The first-order chi connectivity index (χ1) is 11.7. The second-order valence-electron chi connectivity index (χ2n) is 6.03. The predicted molar refractivity (Wildman–Crippen MR) is 86.2 cm³/mol. The molecule has 2 fully saturated rings. The van der Waals surface area contributed by atoms with Crippen LogP contribution in [-0.4, -0.2) is 66.5 Å². The molecule has 24 heavy (non-hydrogen) atoms. The molecule has 2 amide bonds. The Hall–Kier alpha value is -2.09. The number of methoxy groups -OCH3 is 1. The summed E-state index contributed by atoms with van der Waals surface area (Å²) in [5.41, 5.74) is 0. The summed E-state index contributed by atoms with van der Waals surface area (Å²) >= 11 is 0. The summed E-state index contributed by atoms with van der Waals surface area (Å²) in [6, 6.07) is 0.321. The minimum atomic E-state index is -0.0235. The lowest BCUT2D eigenvalue weighted by molar-refractivity contribution is 0.0940. The Kier molecular flexibility index (Phi) is 5.68. The molecule has 2 aliphatic heterocycles. The zero-order valence-corrected chi connectivity index (χ0v) is 13.9. The van der Waals surface area contributed by atoms with Gasteiger partial charge in [0, 0.05) is 39.1 Å². The Morgan fingerprint density at radius 2 is 2.08 bits per heavy atom. The summed E-state index contributed by atoms with van der Waals surface area (Å²) in [6.07, 6.45) is 6.99. The average Bonchev–Trinajstić information content (AvgIpc) is 3.14. The zero-order chi connectivity index (χ0) is 16.8. The van der Waals surface area contributed by atoms with Crippen LogP contribution in [0.5, 0.6) is 11.8 Å². The third-order valence-electron chi connectivity index (χ3n) is 4.35. The first-order valence-corrected chi connectivity index (χ1v) is 8.41. The molecule has 0 aliphatic carbocycles. The monoisotopic (exact) mass is 336 g/mol. The maximum Gasteiger partial charge on any atom is 0.317 e. The van der Waals surface area contributed by atoms with Crippen molar-refractivity contribution >= 4 is 6.03 Å². The summed E-state index contributed by atoms with van der Waals surface area (Å²) in [4.78, 5) is 22.2. The molecule has 1 N–H and O–H groups in total. The van der Waals surface area contributed by atoms with E-state index in [0.29, 0.717) is 31.4 Å². The average molecular weight is 336 g/mol. The van der Waals surface area contributed by atoms with Crippen LogP contribution in [0.1, 0.15) is 25.7 Å².